The van der Waals surface area contributed by atoms with Gasteiger partial charge >= 0.3 is 0 Å². The van der Waals surface area contributed by atoms with Crippen LogP contribution in [0.5, 0.6) is 5.75 Å². The van der Waals surface area contributed by atoms with E-state index < -0.39 is 0 Å². The summed E-state index contributed by atoms with van der Waals surface area (Å²) in [4.78, 5) is 14.6. The number of halogens is 2. The monoisotopic (exact) mass is 397 g/mol. The first kappa shape index (κ1) is 21.9. The fourth-order valence-electron chi connectivity index (χ4n) is 3.10. The zero-order valence-corrected chi connectivity index (χ0v) is 16.3. The number of methoxy groups -OCH3 is 1. The van der Waals surface area contributed by atoms with Crippen molar-refractivity contribution in [2.45, 2.75) is 18.9 Å². The van der Waals surface area contributed by atoms with Crippen molar-refractivity contribution in [3.63, 3.8) is 0 Å². The molecular formula is C19H25Cl2N3O2. The normalized spacial score (nSPS) is 14.0. The summed E-state index contributed by atoms with van der Waals surface area (Å²) < 4.78 is 5.44. The van der Waals surface area contributed by atoms with Gasteiger partial charge in [0.1, 0.15) is 5.75 Å². The van der Waals surface area contributed by atoms with Crippen LogP contribution in [0.3, 0.4) is 0 Å². The van der Waals surface area contributed by atoms with Gasteiger partial charge in [0.15, 0.2) is 0 Å². The van der Waals surface area contributed by atoms with E-state index in [2.05, 4.69) is 16.3 Å². The molecule has 7 heteroatoms. The lowest BCUT2D eigenvalue weighted by atomic mass is 10.0. The molecule has 0 saturated carbocycles. The standard InChI is InChI=1S/C19H23N3O2.2ClH/c1-24-18-8-3-2-7-17(18)22-11-9-16(10-12-22)21-19(23)14-5-4-6-15(20)13-14;;/h2-8,13,16H,9-12,20H2,1H3,(H,21,23);2*1H. The Morgan fingerprint density at radius 2 is 1.81 bits per heavy atom. The summed E-state index contributed by atoms with van der Waals surface area (Å²) >= 11 is 0. The van der Waals surface area contributed by atoms with Crippen molar-refractivity contribution >= 4 is 42.1 Å². The maximum Gasteiger partial charge on any atom is 0.251 e. The van der Waals surface area contributed by atoms with Crippen molar-refractivity contribution in [2.24, 2.45) is 0 Å². The topological polar surface area (TPSA) is 67.6 Å². The van der Waals surface area contributed by atoms with Crippen molar-refractivity contribution in [3.8, 4) is 5.75 Å². The summed E-state index contributed by atoms with van der Waals surface area (Å²) in [6, 6.07) is 15.3. The minimum Gasteiger partial charge on any atom is -0.495 e. The number of nitrogen functional groups attached to an aromatic ring is 1. The highest BCUT2D eigenvalue weighted by Crippen LogP contribution is 2.29. The lowest BCUT2D eigenvalue weighted by Gasteiger charge is -2.34. The fourth-order valence-corrected chi connectivity index (χ4v) is 3.10. The van der Waals surface area contributed by atoms with Crippen LogP contribution in [0.25, 0.3) is 0 Å². The van der Waals surface area contributed by atoms with Gasteiger partial charge in [-0.2, -0.15) is 0 Å². The first-order chi connectivity index (χ1) is 11.7. The van der Waals surface area contributed by atoms with Gasteiger partial charge in [0.25, 0.3) is 5.91 Å². The van der Waals surface area contributed by atoms with E-state index in [1.807, 2.05) is 18.2 Å². The number of nitrogens with zero attached hydrogens (tertiary/aromatic N) is 1. The van der Waals surface area contributed by atoms with Crippen LogP contribution in [-0.4, -0.2) is 32.1 Å². The quantitative estimate of drug-likeness (QED) is 0.774. The van der Waals surface area contributed by atoms with E-state index >= 15 is 0 Å². The summed E-state index contributed by atoms with van der Waals surface area (Å²) in [6.07, 6.45) is 1.82. The van der Waals surface area contributed by atoms with Gasteiger partial charge in [-0.05, 0) is 43.2 Å². The molecule has 1 aliphatic rings. The molecule has 0 bridgehead atoms. The third-order valence-corrected chi connectivity index (χ3v) is 4.40. The van der Waals surface area contributed by atoms with E-state index in [0.717, 1.165) is 37.4 Å². The molecule has 1 heterocycles. The zero-order valence-electron chi connectivity index (χ0n) is 14.7. The summed E-state index contributed by atoms with van der Waals surface area (Å²) in [6.45, 7) is 1.78. The maximum absolute atomic E-state index is 12.3. The third kappa shape index (κ3) is 5.19. The number of nitrogens with two attached hydrogens (primary N) is 1. The lowest BCUT2D eigenvalue weighted by Crippen LogP contribution is -2.44. The number of para-hydroxylation sites is 2. The average molecular weight is 398 g/mol. The van der Waals surface area contributed by atoms with Gasteiger partial charge in [-0.1, -0.05) is 18.2 Å². The molecule has 142 valence electrons. The van der Waals surface area contributed by atoms with Crippen LogP contribution < -0.4 is 20.7 Å². The molecule has 26 heavy (non-hydrogen) atoms. The minimum absolute atomic E-state index is 0. The summed E-state index contributed by atoms with van der Waals surface area (Å²) in [7, 11) is 1.69. The van der Waals surface area contributed by atoms with Crippen molar-refractivity contribution < 1.29 is 9.53 Å². The van der Waals surface area contributed by atoms with E-state index in [1.54, 1.807) is 31.4 Å². The third-order valence-electron chi connectivity index (χ3n) is 4.40. The van der Waals surface area contributed by atoms with Crippen LogP contribution in [0.15, 0.2) is 48.5 Å². The van der Waals surface area contributed by atoms with Gasteiger partial charge in [0.05, 0.1) is 12.8 Å². The Bertz CT molecular complexity index is 719. The smallest absolute Gasteiger partial charge is 0.251 e. The van der Waals surface area contributed by atoms with Gasteiger partial charge in [-0.3, -0.25) is 4.79 Å². The predicted octanol–water partition coefficient (Wildman–Crippen LogP) is 3.52. The first-order valence-electron chi connectivity index (χ1n) is 8.22. The SMILES string of the molecule is COc1ccccc1N1CCC(NC(=O)c2cccc(N)c2)CC1.Cl.Cl. The van der Waals surface area contributed by atoms with Crippen LogP contribution in [0.1, 0.15) is 23.2 Å². The number of nitrogens with one attached hydrogen (secondary N) is 1. The van der Waals surface area contributed by atoms with Gasteiger partial charge in [-0.15, -0.1) is 24.8 Å². The van der Waals surface area contributed by atoms with E-state index in [0.29, 0.717) is 11.3 Å². The lowest BCUT2D eigenvalue weighted by molar-refractivity contribution is 0.0931. The second-order valence-electron chi connectivity index (χ2n) is 6.03. The number of hydrogen-bond donors (Lipinski definition) is 2. The van der Waals surface area contributed by atoms with Crippen molar-refractivity contribution in [1.29, 1.82) is 0 Å². The van der Waals surface area contributed by atoms with Crippen molar-refractivity contribution in [3.05, 3.63) is 54.1 Å². The first-order valence-corrected chi connectivity index (χ1v) is 8.22. The highest BCUT2D eigenvalue weighted by Gasteiger charge is 2.22. The number of piperidine rings is 1. The van der Waals surface area contributed by atoms with Gasteiger partial charge in [-0.25, -0.2) is 0 Å². The molecule has 5 nitrogen and oxygen atoms in total. The van der Waals surface area contributed by atoms with Crippen LogP contribution in [0, 0.1) is 0 Å². The molecule has 1 saturated heterocycles. The number of ether oxygens (including phenoxy) is 1. The predicted molar refractivity (Wildman–Crippen MR) is 111 cm³/mol. The Hall–Kier alpha value is -2.11. The molecule has 1 fully saturated rings. The van der Waals surface area contributed by atoms with E-state index in [9.17, 15) is 4.79 Å². The second-order valence-corrected chi connectivity index (χ2v) is 6.03. The summed E-state index contributed by atoms with van der Waals surface area (Å²) in [5.41, 5.74) is 8.07. The Morgan fingerprint density at radius 3 is 2.46 bits per heavy atom. The minimum atomic E-state index is -0.0574. The number of hydrogen-bond acceptors (Lipinski definition) is 4. The molecule has 3 N–H and O–H groups in total. The number of amides is 1. The molecule has 0 radical (unpaired) electrons. The number of anilines is 2. The molecule has 1 aliphatic heterocycles. The van der Waals surface area contributed by atoms with E-state index in [1.165, 1.54) is 0 Å². The van der Waals surface area contributed by atoms with Crippen LogP contribution in [0.2, 0.25) is 0 Å². The van der Waals surface area contributed by atoms with Crippen LogP contribution in [0.4, 0.5) is 11.4 Å². The summed E-state index contributed by atoms with van der Waals surface area (Å²) in [5, 5.41) is 3.11. The maximum atomic E-state index is 12.3. The molecule has 0 unspecified atom stereocenters. The van der Waals surface area contributed by atoms with Crippen molar-refractivity contribution in [1.82, 2.24) is 5.32 Å². The van der Waals surface area contributed by atoms with E-state index in [4.69, 9.17) is 10.5 Å². The highest BCUT2D eigenvalue weighted by molar-refractivity contribution is 5.95. The molecular weight excluding hydrogens is 373 g/mol. The van der Waals surface area contributed by atoms with Gasteiger partial charge < -0.3 is 20.7 Å². The van der Waals surface area contributed by atoms with E-state index in [-0.39, 0.29) is 36.8 Å². The Balaban J connectivity index is 0.00000169. The molecule has 2 aromatic carbocycles. The fraction of sp³-hybridized carbons (Fsp3) is 0.316. The van der Waals surface area contributed by atoms with Crippen molar-refractivity contribution in [2.75, 3.05) is 30.8 Å². The largest absolute Gasteiger partial charge is 0.495 e. The number of carbonyl (C=O) groups excluding carboxylic acids is 1. The molecule has 0 aliphatic carbocycles. The average Bonchev–Trinajstić information content (AvgIpc) is 2.62. The van der Waals surface area contributed by atoms with Gasteiger partial charge in [0.2, 0.25) is 0 Å². The molecule has 0 aromatic heterocycles. The second kappa shape index (κ2) is 10.1. The Morgan fingerprint density at radius 1 is 1.12 bits per heavy atom. The zero-order chi connectivity index (χ0) is 16.9. The summed E-state index contributed by atoms with van der Waals surface area (Å²) in [5.74, 6) is 0.831. The highest BCUT2D eigenvalue weighted by atomic mass is 35.5. The number of benzene rings is 2. The Kier molecular flexibility index (Phi) is 8.55. The molecule has 3 rings (SSSR count). The number of carbonyl (C=O) groups is 1. The number of rotatable bonds is 4. The molecule has 0 spiro atoms. The molecule has 1 amide bonds. The van der Waals surface area contributed by atoms with Gasteiger partial charge in [0, 0.05) is 30.4 Å². The molecule has 2 aromatic rings. The van der Waals surface area contributed by atoms with Crippen LogP contribution >= 0.6 is 24.8 Å². The molecule has 0 atom stereocenters. The van der Waals surface area contributed by atoms with Crippen LogP contribution in [-0.2, 0) is 0 Å². The Labute approximate surface area is 166 Å².